The second kappa shape index (κ2) is 11.5. The van der Waals surface area contributed by atoms with Gasteiger partial charge in [-0.1, -0.05) is 26.8 Å². The number of piperidine rings is 1. The zero-order valence-electron chi connectivity index (χ0n) is 27.0. The van der Waals surface area contributed by atoms with Gasteiger partial charge in [0.2, 0.25) is 5.91 Å². The van der Waals surface area contributed by atoms with Crippen LogP contribution < -0.4 is 15.5 Å². The van der Waals surface area contributed by atoms with Gasteiger partial charge in [-0.05, 0) is 123 Å². The lowest BCUT2D eigenvalue weighted by atomic mass is 9.49. The maximum absolute atomic E-state index is 13.5. The first-order valence-electron chi connectivity index (χ1n) is 16.7. The number of aryl methyl sites for hydroxylation is 1. The van der Waals surface area contributed by atoms with Gasteiger partial charge in [-0.25, -0.2) is 4.98 Å². The van der Waals surface area contributed by atoms with Crippen LogP contribution in [0.15, 0.2) is 24.3 Å². The third kappa shape index (κ3) is 6.30. The van der Waals surface area contributed by atoms with Crippen LogP contribution in [0.5, 0.6) is 0 Å². The van der Waals surface area contributed by atoms with E-state index in [9.17, 15) is 4.79 Å². The molecule has 6 nitrogen and oxygen atoms in total. The zero-order valence-corrected chi connectivity index (χ0v) is 28.0. The first-order valence-corrected chi connectivity index (χ1v) is 19.6. The smallest absolute Gasteiger partial charge is 0.224 e. The fourth-order valence-corrected chi connectivity index (χ4v) is 9.82. The number of nitrogens with zero attached hydrogens (tertiary/aromatic N) is 2. The Morgan fingerprint density at radius 3 is 2.29 bits per heavy atom. The fraction of sp³-hybridized carbons (Fsp3) is 0.714. The van der Waals surface area contributed by atoms with Crippen molar-refractivity contribution in [3.05, 3.63) is 29.8 Å². The van der Waals surface area contributed by atoms with Crippen LogP contribution in [0.25, 0.3) is 10.9 Å². The molecule has 5 fully saturated rings. The van der Waals surface area contributed by atoms with Crippen LogP contribution in [0.1, 0.15) is 84.1 Å². The van der Waals surface area contributed by atoms with Gasteiger partial charge in [-0.2, -0.15) is 0 Å². The van der Waals surface area contributed by atoms with Crippen LogP contribution in [-0.4, -0.2) is 51.5 Å². The minimum absolute atomic E-state index is 0.195. The van der Waals surface area contributed by atoms with E-state index in [1.165, 1.54) is 38.5 Å². The van der Waals surface area contributed by atoms with Gasteiger partial charge in [0.25, 0.3) is 0 Å². The minimum atomic E-state index is -1.68. The van der Waals surface area contributed by atoms with Gasteiger partial charge >= 0.3 is 0 Å². The summed E-state index contributed by atoms with van der Waals surface area (Å²) in [6.45, 7) is 17.3. The second-order valence-corrected chi connectivity index (χ2v) is 20.8. The normalized spacial score (nSPS) is 28.0. The maximum Gasteiger partial charge on any atom is 0.224 e. The number of amides is 1. The summed E-state index contributed by atoms with van der Waals surface area (Å²) in [5.74, 6) is 3.84. The molecule has 0 radical (unpaired) electrons. The maximum atomic E-state index is 13.5. The Morgan fingerprint density at radius 1 is 1.02 bits per heavy atom. The Morgan fingerprint density at radius 2 is 1.67 bits per heavy atom. The number of hydrogen-bond donors (Lipinski definition) is 2. The molecular formula is C35H54N4O2Si. The molecule has 42 heavy (non-hydrogen) atoms. The molecule has 2 N–H and O–H groups in total. The van der Waals surface area contributed by atoms with E-state index in [0.29, 0.717) is 12.5 Å². The largest absolute Gasteiger partial charge is 0.416 e. The summed E-state index contributed by atoms with van der Waals surface area (Å²) >= 11 is 0. The van der Waals surface area contributed by atoms with Crippen LogP contribution in [0.4, 0.5) is 11.5 Å². The quantitative estimate of drug-likeness (QED) is 0.232. The minimum Gasteiger partial charge on any atom is -0.416 e. The molecule has 7 heteroatoms. The van der Waals surface area contributed by atoms with Crippen molar-refractivity contribution in [2.45, 2.75) is 110 Å². The Hall–Kier alpha value is -1.96. The molecule has 1 saturated heterocycles. The molecule has 2 heterocycles. The number of carbonyl (C=O) groups excluding carboxylic acids is 1. The molecule has 0 unspecified atom stereocenters. The van der Waals surface area contributed by atoms with Crippen LogP contribution in [0.3, 0.4) is 0 Å². The van der Waals surface area contributed by atoms with E-state index < -0.39 is 8.32 Å². The number of fused-ring (bicyclic) bond motifs is 1. The van der Waals surface area contributed by atoms with Gasteiger partial charge < -0.3 is 20.0 Å². The molecule has 4 saturated carbocycles. The number of carbonyl (C=O) groups is 1. The van der Waals surface area contributed by atoms with Crippen molar-refractivity contribution in [1.82, 2.24) is 10.3 Å². The topological polar surface area (TPSA) is 66.5 Å². The summed E-state index contributed by atoms with van der Waals surface area (Å²) in [5, 5.41) is 8.41. The first kappa shape index (κ1) is 30.1. The summed E-state index contributed by atoms with van der Waals surface area (Å²) in [6, 6.07) is 9.08. The van der Waals surface area contributed by atoms with Gasteiger partial charge in [-0.15, -0.1) is 0 Å². The van der Waals surface area contributed by atoms with Crippen molar-refractivity contribution in [1.29, 1.82) is 0 Å². The average Bonchev–Trinajstić information content (AvgIpc) is 2.91. The molecule has 1 aromatic heterocycles. The lowest BCUT2D eigenvalue weighted by molar-refractivity contribution is -0.124. The molecule has 1 aliphatic heterocycles. The third-order valence-corrected chi connectivity index (χ3v) is 16.2. The highest BCUT2D eigenvalue weighted by Crippen LogP contribution is 2.61. The summed E-state index contributed by atoms with van der Waals surface area (Å²) in [7, 11) is -1.68. The number of aromatic nitrogens is 1. The van der Waals surface area contributed by atoms with E-state index >= 15 is 0 Å². The zero-order chi connectivity index (χ0) is 29.7. The predicted octanol–water partition coefficient (Wildman–Crippen LogP) is 7.67. The van der Waals surface area contributed by atoms with Crippen molar-refractivity contribution in [3.8, 4) is 0 Å². The number of nitrogens with one attached hydrogen (secondary N) is 2. The van der Waals surface area contributed by atoms with Crippen molar-refractivity contribution in [2.75, 3.05) is 36.5 Å². The summed E-state index contributed by atoms with van der Waals surface area (Å²) in [4.78, 5) is 21.0. The number of pyridine rings is 1. The Balaban J connectivity index is 1.04. The molecule has 4 bridgehead atoms. The van der Waals surface area contributed by atoms with Gasteiger partial charge in [0.1, 0.15) is 5.82 Å². The molecule has 1 aromatic carbocycles. The van der Waals surface area contributed by atoms with Gasteiger partial charge in [0, 0.05) is 44.1 Å². The SMILES string of the molecule is Cc1ccc2nc(N3CCC(NCCO[Si](C)(C)C(C)(C)C)CC3)ccc2c1NC(=O)CC12CC3CC(CC(C3)C1)C2. The molecule has 230 valence electrons. The van der Waals surface area contributed by atoms with Gasteiger partial charge in [0.05, 0.1) is 11.2 Å². The van der Waals surface area contributed by atoms with E-state index in [0.717, 1.165) is 84.8 Å². The summed E-state index contributed by atoms with van der Waals surface area (Å²) < 4.78 is 6.35. The first-order chi connectivity index (χ1) is 19.9. The molecule has 4 aliphatic carbocycles. The molecule has 2 aromatic rings. The molecular weight excluding hydrogens is 536 g/mol. The number of anilines is 2. The van der Waals surface area contributed by atoms with Crippen LogP contribution in [-0.2, 0) is 9.22 Å². The number of benzene rings is 1. The van der Waals surface area contributed by atoms with Crippen LogP contribution >= 0.6 is 0 Å². The molecule has 7 rings (SSSR count). The van der Waals surface area contributed by atoms with Gasteiger partial charge in [-0.3, -0.25) is 4.79 Å². The second-order valence-electron chi connectivity index (χ2n) is 16.0. The van der Waals surface area contributed by atoms with E-state index in [1.54, 1.807) is 0 Å². The fourth-order valence-electron chi connectivity index (χ4n) is 8.77. The Kier molecular flexibility index (Phi) is 8.25. The highest BCUT2D eigenvalue weighted by atomic mass is 28.4. The monoisotopic (exact) mass is 590 g/mol. The standard InChI is InChI=1S/C35H54N4O2Si/c1-24-7-9-30-29(33(24)38-32(40)23-35-20-25-17-26(21-35)19-27(18-25)22-35)8-10-31(37-30)39-14-11-28(12-15-39)36-13-16-41-42(5,6)34(2,3)4/h7-10,25-28,36H,11-23H2,1-6H3,(H,38,40). The van der Waals surface area contributed by atoms with E-state index in [1.807, 2.05) is 0 Å². The van der Waals surface area contributed by atoms with Crippen LogP contribution in [0.2, 0.25) is 18.1 Å². The van der Waals surface area contributed by atoms with E-state index in [2.05, 4.69) is 80.6 Å². The third-order valence-electron chi connectivity index (χ3n) is 11.7. The molecule has 0 spiro atoms. The van der Waals surface area contributed by atoms with E-state index in [4.69, 9.17) is 9.41 Å². The van der Waals surface area contributed by atoms with E-state index in [-0.39, 0.29) is 16.4 Å². The number of rotatable bonds is 9. The lowest BCUT2D eigenvalue weighted by Gasteiger charge is -2.56. The molecule has 5 aliphatic rings. The van der Waals surface area contributed by atoms with Crippen LogP contribution in [0, 0.1) is 30.1 Å². The highest BCUT2D eigenvalue weighted by molar-refractivity contribution is 6.74. The van der Waals surface area contributed by atoms with Crippen molar-refractivity contribution in [3.63, 3.8) is 0 Å². The lowest BCUT2D eigenvalue weighted by Crippen LogP contribution is -2.47. The Labute approximate surface area is 254 Å². The van der Waals surface area contributed by atoms with Gasteiger partial charge in [0.15, 0.2) is 8.32 Å². The average molecular weight is 591 g/mol. The molecule has 1 amide bonds. The number of hydrogen-bond acceptors (Lipinski definition) is 5. The van der Waals surface area contributed by atoms with Crippen molar-refractivity contribution >= 4 is 36.6 Å². The van der Waals surface area contributed by atoms with Crippen molar-refractivity contribution in [2.24, 2.45) is 23.2 Å². The molecule has 0 atom stereocenters. The summed E-state index contributed by atoms with van der Waals surface area (Å²) in [5.41, 5.74) is 3.28. The van der Waals surface area contributed by atoms with Crippen molar-refractivity contribution < 1.29 is 9.22 Å². The predicted molar refractivity (Wildman–Crippen MR) is 177 cm³/mol. The Bertz CT molecular complexity index is 1260. The summed E-state index contributed by atoms with van der Waals surface area (Å²) in [6.07, 6.45) is 10.9. The highest BCUT2D eigenvalue weighted by Gasteiger charge is 2.51.